The molecule has 0 aliphatic carbocycles. The second kappa shape index (κ2) is 6.02. The molecule has 2 N–H and O–H groups in total. The number of hydrogen-bond donors (Lipinski definition) is 1. The van der Waals surface area contributed by atoms with E-state index in [0.29, 0.717) is 19.1 Å². The van der Waals surface area contributed by atoms with Crippen molar-refractivity contribution in [1.82, 2.24) is 4.98 Å². The highest BCUT2D eigenvalue weighted by Gasteiger charge is 2.07. The van der Waals surface area contributed by atoms with Gasteiger partial charge >= 0.3 is 0 Å². The Kier molecular flexibility index (Phi) is 4.38. The smallest absolute Gasteiger partial charge is 0.120 e. The molecule has 1 aromatic carbocycles. The number of fused-ring (bicyclic) bond motifs is 1. The molecule has 0 saturated carbocycles. The van der Waals surface area contributed by atoms with E-state index in [0.717, 1.165) is 28.8 Å². The molecule has 19 heavy (non-hydrogen) atoms. The van der Waals surface area contributed by atoms with Gasteiger partial charge in [0.05, 0.1) is 12.1 Å². The molecular weight excluding hydrogens is 236 g/mol. The zero-order valence-corrected chi connectivity index (χ0v) is 11.9. The van der Waals surface area contributed by atoms with E-state index in [2.05, 4.69) is 26.0 Å². The van der Waals surface area contributed by atoms with Crippen molar-refractivity contribution in [3.8, 4) is 5.75 Å². The predicted octanol–water partition coefficient (Wildman–Crippen LogP) is 3.08. The van der Waals surface area contributed by atoms with Crippen LogP contribution in [0.15, 0.2) is 24.3 Å². The van der Waals surface area contributed by atoms with Gasteiger partial charge in [-0.1, -0.05) is 6.92 Å². The van der Waals surface area contributed by atoms with Crippen molar-refractivity contribution in [3.05, 3.63) is 35.5 Å². The fraction of sp³-hybridized carbons (Fsp3) is 0.438. The van der Waals surface area contributed by atoms with Crippen molar-refractivity contribution in [3.63, 3.8) is 0 Å². The normalized spacial score (nSPS) is 12.6. The van der Waals surface area contributed by atoms with Crippen LogP contribution >= 0.6 is 0 Å². The molecule has 0 fully saturated rings. The Morgan fingerprint density at radius 2 is 2.11 bits per heavy atom. The Morgan fingerprint density at radius 3 is 2.79 bits per heavy atom. The number of ether oxygens (including phenoxy) is 1. The number of aromatic nitrogens is 1. The van der Waals surface area contributed by atoms with Crippen LogP contribution in [0.25, 0.3) is 10.9 Å². The van der Waals surface area contributed by atoms with Crippen LogP contribution in [0, 0.1) is 12.8 Å². The van der Waals surface area contributed by atoms with Gasteiger partial charge < -0.3 is 10.5 Å². The van der Waals surface area contributed by atoms with Gasteiger partial charge in [-0.25, -0.2) is 0 Å². The highest BCUT2D eigenvalue weighted by Crippen LogP contribution is 2.24. The molecule has 2 aromatic rings. The number of pyridine rings is 1. The Bertz CT molecular complexity index is 566. The number of rotatable bonds is 5. The molecule has 1 aromatic heterocycles. The minimum absolute atomic E-state index is 0.465. The van der Waals surface area contributed by atoms with Crippen molar-refractivity contribution in [2.24, 2.45) is 11.7 Å². The average Bonchev–Trinajstić information content (AvgIpc) is 2.40. The summed E-state index contributed by atoms with van der Waals surface area (Å²) in [4.78, 5) is 4.71. The lowest BCUT2D eigenvalue weighted by molar-refractivity contribution is 0.340. The fourth-order valence-corrected chi connectivity index (χ4v) is 2.24. The second-order valence-electron chi connectivity index (χ2n) is 5.09. The summed E-state index contributed by atoms with van der Waals surface area (Å²) in [6, 6.07) is 8.24. The maximum Gasteiger partial charge on any atom is 0.120 e. The summed E-state index contributed by atoms with van der Waals surface area (Å²) in [6.45, 7) is 7.65. The summed E-state index contributed by atoms with van der Waals surface area (Å²) >= 11 is 0. The van der Waals surface area contributed by atoms with E-state index in [-0.39, 0.29) is 0 Å². The molecule has 0 saturated heterocycles. The average molecular weight is 258 g/mol. The molecule has 0 aliphatic rings. The summed E-state index contributed by atoms with van der Waals surface area (Å²) in [7, 11) is 0. The van der Waals surface area contributed by atoms with Gasteiger partial charge in [0, 0.05) is 11.1 Å². The molecule has 2 rings (SSSR count). The first-order valence-corrected chi connectivity index (χ1v) is 6.87. The van der Waals surface area contributed by atoms with Gasteiger partial charge in [0.15, 0.2) is 0 Å². The zero-order chi connectivity index (χ0) is 13.8. The van der Waals surface area contributed by atoms with Gasteiger partial charge in [-0.05, 0) is 62.6 Å². The van der Waals surface area contributed by atoms with Crippen LogP contribution < -0.4 is 10.5 Å². The minimum Gasteiger partial charge on any atom is -0.494 e. The van der Waals surface area contributed by atoms with Crippen LogP contribution in [0.1, 0.15) is 25.1 Å². The Labute approximate surface area is 114 Å². The zero-order valence-electron chi connectivity index (χ0n) is 11.9. The molecule has 0 aliphatic heterocycles. The highest BCUT2D eigenvalue weighted by atomic mass is 16.5. The van der Waals surface area contributed by atoms with Gasteiger partial charge in [0.1, 0.15) is 5.75 Å². The van der Waals surface area contributed by atoms with Crippen LogP contribution in [0.2, 0.25) is 0 Å². The van der Waals surface area contributed by atoms with Gasteiger partial charge in [-0.3, -0.25) is 4.98 Å². The van der Waals surface area contributed by atoms with E-state index in [4.69, 9.17) is 15.5 Å². The number of nitrogens with zero attached hydrogens (tertiary/aromatic N) is 1. The molecule has 0 amide bonds. The van der Waals surface area contributed by atoms with Gasteiger partial charge in [0.2, 0.25) is 0 Å². The lowest BCUT2D eigenvalue weighted by Crippen LogP contribution is -2.14. The molecule has 0 bridgehead atoms. The van der Waals surface area contributed by atoms with Crippen LogP contribution in [0.5, 0.6) is 5.75 Å². The standard InChI is InChI=1S/C16H22N2O/c1-4-19-14-5-6-16-15(9-14)12(3)8-13(18-16)7-11(2)10-17/h5-6,8-9,11H,4,7,10,17H2,1-3H3. The molecule has 3 nitrogen and oxygen atoms in total. The predicted molar refractivity (Wildman–Crippen MR) is 79.6 cm³/mol. The van der Waals surface area contributed by atoms with Crippen LogP contribution in [-0.4, -0.2) is 18.1 Å². The topological polar surface area (TPSA) is 48.1 Å². The van der Waals surface area contributed by atoms with Crippen molar-refractivity contribution in [1.29, 1.82) is 0 Å². The van der Waals surface area contributed by atoms with E-state index < -0.39 is 0 Å². The first-order chi connectivity index (χ1) is 9.13. The van der Waals surface area contributed by atoms with Crippen molar-refractivity contribution < 1.29 is 4.74 Å². The lowest BCUT2D eigenvalue weighted by atomic mass is 10.0. The summed E-state index contributed by atoms with van der Waals surface area (Å²) in [5, 5.41) is 1.16. The minimum atomic E-state index is 0.465. The summed E-state index contributed by atoms with van der Waals surface area (Å²) < 4.78 is 5.54. The third-order valence-electron chi connectivity index (χ3n) is 3.31. The van der Waals surface area contributed by atoms with E-state index in [9.17, 15) is 0 Å². The van der Waals surface area contributed by atoms with Gasteiger partial charge in [-0.15, -0.1) is 0 Å². The molecule has 102 valence electrons. The van der Waals surface area contributed by atoms with E-state index in [1.807, 2.05) is 19.1 Å². The monoisotopic (exact) mass is 258 g/mol. The summed E-state index contributed by atoms with van der Waals surface area (Å²) in [6.07, 6.45) is 0.931. The Morgan fingerprint density at radius 1 is 1.32 bits per heavy atom. The molecule has 1 heterocycles. The number of nitrogens with two attached hydrogens (primary N) is 1. The van der Waals surface area contributed by atoms with E-state index in [1.165, 1.54) is 5.56 Å². The summed E-state index contributed by atoms with van der Waals surface area (Å²) in [5.41, 5.74) is 9.07. The molecule has 0 spiro atoms. The summed E-state index contributed by atoms with van der Waals surface area (Å²) in [5.74, 6) is 1.37. The third kappa shape index (κ3) is 3.24. The maximum absolute atomic E-state index is 5.68. The number of aryl methyl sites for hydroxylation is 1. The number of hydrogen-bond acceptors (Lipinski definition) is 3. The molecule has 1 unspecified atom stereocenters. The molecule has 1 atom stereocenters. The molecule has 3 heteroatoms. The first kappa shape index (κ1) is 13.8. The number of benzene rings is 1. The van der Waals surface area contributed by atoms with Crippen molar-refractivity contribution >= 4 is 10.9 Å². The third-order valence-corrected chi connectivity index (χ3v) is 3.31. The van der Waals surface area contributed by atoms with Gasteiger partial charge in [0.25, 0.3) is 0 Å². The quantitative estimate of drug-likeness (QED) is 0.896. The highest BCUT2D eigenvalue weighted by molar-refractivity contribution is 5.83. The van der Waals surface area contributed by atoms with Crippen LogP contribution in [0.4, 0.5) is 0 Å². The first-order valence-electron chi connectivity index (χ1n) is 6.87. The van der Waals surface area contributed by atoms with Crippen molar-refractivity contribution in [2.45, 2.75) is 27.2 Å². The van der Waals surface area contributed by atoms with Crippen LogP contribution in [0.3, 0.4) is 0 Å². The van der Waals surface area contributed by atoms with Crippen molar-refractivity contribution in [2.75, 3.05) is 13.2 Å². The largest absolute Gasteiger partial charge is 0.494 e. The van der Waals surface area contributed by atoms with E-state index >= 15 is 0 Å². The molecular formula is C16H22N2O. The Balaban J connectivity index is 2.38. The Hall–Kier alpha value is -1.61. The maximum atomic E-state index is 5.68. The lowest BCUT2D eigenvalue weighted by Gasteiger charge is -2.11. The molecule has 0 radical (unpaired) electrons. The fourth-order valence-electron chi connectivity index (χ4n) is 2.24. The van der Waals surface area contributed by atoms with Crippen LogP contribution in [-0.2, 0) is 6.42 Å². The van der Waals surface area contributed by atoms with E-state index in [1.54, 1.807) is 0 Å². The SMILES string of the molecule is CCOc1ccc2nc(CC(C)CN)cc(C)c2c1. The second-order valence-corrected chi connectivity index (χ2v) is 5.09. The van der Waals surface area contributed by atoms with Gasteiger partial charge in [-0.2, -0.15) is 0 Å².